The van der Waals surface area contributed by atoms with E-state index >= 15 is 0 Å². The van der Waals surface area contributed by atoms with Crippen molar-refractivity contribution in [3.05, 3.63) is 23.9 Å². The number of carbonyl (C=O) groups is 1. The topological polar surface area (TPSA) is 48.5 Å². The molecule has 1 N–H and O–H groups in total. The van der Waals surface area contributed by atoms with Crippen LogP contribution in [-0.4, -0.2) is 60.5 Å². The Bertz CT molecular complexity index is 441. The van der Waals surface area contributed by atoms with E-state index in [-0.39, 0.29) is 5.91 Å². The lowest BCUT2D eigenvalue weighted by Gasteiger charge is -2.32. The van der Waals surface area contributed by atoms with Gasteiger partial charge in [0.05, 0.1) is 0 Å². The number of aromatic nitrogens is 1. The Balaban J connectivity index is 1.65. The van der Waals surface area contributed by atoms with Crippen LogP contribution in [0.5, 0.6) is 0 Å². The number of likely N-dealkylation sites (N-methyl/N-ethyl adjacent to an activating group) is 1. The number of nitrogens with one attached hydrogen (secondary N) is 1. The van der Waals surface area contributed by atoms with Crippen molar-refractivity contribution in [2.75, 3.05) is 45.1 Å². The van der Waals surface area contributed by atoms with Crippen LogP contribution in [0.25, 0.3) is 0 Å². The molecular formula is C15H24N4O. The van der Waals surface area contributed by atoms with Gasteiger partial charge in [-0.25, -0.2) is 4.98 Å². The van der Waals surface area contributed by atoms with Crippen molar-refractivity contribution < 1.29 is 4.79 Å². The molecule has 1 saturated heterocycles. The molecular weight excluding hydrogens is 252 g/mol. The van der Waals surface area contributed by atoms with Gasteiger partial charge >= 0.3 is 0 Å². The molecule has 1 aliphatic rings. The van der Waals surface area contributed by atoms with Crippen LogP contribution < -0.4 is 5.32 Å². The number of pyridine rings is 1. The molecule has 1 aromatic heterocycles. The van der Waals surface area contributed by atoms with Crippen molar-refractivity contribution >= 4 is 11.7 Å². The summed E-state index contributed by atoms with van der Waals surface area (Å²) in [4.78, 5) is 20.7. The molecule has 1 fully saturated rings. The van der Waals surface area contributed by atoms with Crippen LogP contribution in [0.1, 0.15) is 18.4 Å². The second-order valence-corrected chi connectivity index (χ2v) is 5.52. The first-order chi connectivity index (χ1) is 9.63. The van der Waals surface area contributed by atoms with Crippen LogP contribution in [-0.2, 0) is 4.79 Å². The lowest BCUT2D eigenvalue weighted by molar-refractivity contribution is -0.116. The molecule has 0 aliphatic carbocycles. The number of amides is 1. The van der Waals surface area contributed by atoms with Crippen molar-refractivity contribution in [2.24, 2.45) is 0 Å². The molecule has 2 rings (SSSR count). The minimum atomic E-state index is 0.0530. The fourth-order valence-electron chi connectivity index (χ4n) is 2.34. The Labute approximate surface area is 121 Å². The Kier molecular flexibility index (Phi) is 5.49. The predicted molar refractivity (Wildman–Crippen MR) is 80.8 cm³/mol. The molecule has 0 atom stereocenters. The van der Waals surface area contributed by atoms with Crippen LogP contribution in [0.2, 0.25) is 0 Å². The summed E-state index contributed by atoms with van der Waals surface area (Å²) in [5.74, 6) is 0.701. The van der Waals surface area contributed by atoms with E-state index in [1.807, 2.05) is 19.1 Å². The molecule has 1 aliphatic heterocycles. The third-order valence-electron chi connectivity index (χ3n) is 3.66. The van der Waals surface area contributed by atoms with E-state index in [0.717, 1.165) is 44.7 Å². The number of aryl methyl sites for hydroxylation is 1. The first-order valence-electron chi connectivity index (χ1n) is 7.27. The van der Waals surface area contributed by atoms with Crippen molar-refractivity contribution in [3.63, 3.8) is 0 Å². The summed E-state index contributed by atoms with van der Waals surface area (Å²) in [6.45, 7) is 7.46. The molecule has 2 heterocycles. The number of hydrogen-bond acceptors (Lipinski definition) is 4. The summed E-state index contributed by atoms with van der Waals surface area (Å²) in [5, 5.41) is 2.85. The molecule has 110 valence electrons. The smallest absolute Gasteiger partial charge is 0.225 e. The second-order valence-electron chi connectivity index (χ2n) is 5.52. The molecule has 0 aromatic carbocycles. The highest BCUT2D eigenvalue weighted by molar-refractivity contribution is 5.89. The van der Waals surface area contributed by atoms with Crippen LogP contribution in [0, 0.1) is 6.92 Å². The maximum atomic E-state index is 11.8. The van der Waals surface area contributed by atoms with Gasteiger partial charge in [0.1, 0.15) is 5.82 Å². The summed E-state index contributed by atoms with van der Waals surface area (Å²) in [5.41, 5.74) is 1.10. The van der Waals surface area contributed by atoms with Gasteiger partial charge in [-0.1, -0.05) is 0 Å². The Hall–Kier alpha value is -1.46. The SMILES string of the molecule is Cc1ccnc(NC(=O)CCCN2CCN(C)CC2)c1. The molecule has 0 radical (unpaired) electrons. The van der Waals surface area contributed by atoms with Gasteiger partial charge < -0.3 is 15.1 Å². The molecule has 1 aromatic rings. The molecule has 0 saturated carbocycles. The fraction of sp³-hybridized carbons (Fsp3) is 0.600. The highest BCUT2D eigenvalue weighted by atomic mass is 16.1. The van der Waals surface area contributed by atoms with Crippen molar-refractivity contribution in [1.29, 1.82) is 0 Å². The zero-order valence-corrected chi connectivity index (χ0v) is 12.4. The summed E-state index contributed by atoms with van der Waals surface area (Å²) < 4.78 is 0. The van der Waals surface area contributed by atoms with Gasteiger partial charge in [0.2, 0.25) is 5.91 Å². The third kappa shape index (κ3) is 4.90. The van der Waals surface area contributed by atoms with Gasteiger partial charge in [0.25, 0.3) is 0 Å². The second kappa shape index (κ2) is 7.36. The van der Waals surface area contributed by atoms with Crippen LogP contribution in [0.15, 0.2) is 18.3 Å². The van der Waals surface area contributed by atoms with E-state index in [9.17, 15) is 4.79 Å². The molecule has 0 unspecified atom stereocenters. The summed E-state index contributed by atoms with van der Waals surface area (Å²) in [7, 11) is 2.15. The minimum Gasteiger partial charge on any atom is -0.311 e. The number of nitrogens with zero attached hydrogens (tertiary/aromatic N) is 3. The maximum Gasteiger partial charge on any atom is 0.225 e. The summed E-state index contributed by atoms with van der Waals surface area (Å²) >= 11 is 0. The van der Waals surface area contributed by atoms with E-state index in [1.165, 1.54) is 0 Å². The number of carbonyl (C=O) groups excluding carboxylic acids is 1. The first kappa shape index (κ1) is 14.9. The number of hydrogen-bond donors (Lipinski definition) is 1. The summed E-state index contributed by atoms with van der Waals surface area (Å²) in [6.07, 6.45) is 3.18. The van der Waals surface area contributed by atoms with Gasteiger partial charge in [-0.3, -0.25) is 4.79 Å². The number of rotatable bonds is 5. The quantitative estimate of drug-likeness (QED) is 0.882. The Morgan fingerprint density at radius 3 is 2.80 bits per heavy atom. The van der Waals surface area contributed by atoms with Crippen LogP contribution >= 0.6 is 0 Å². The van der Waals surface area contributed by atoms with E-state index in [0.29, 0.717) is 12.2 Å². The Morgan fingerprint density at radius 2 is 2.10 bits per heavy atom. The molecule has 5 nitrogen and oxygen atoms in total. The summed E-state index contributed by atoms with van der Waals surface area (Å²) in [6, 6.07) is 3.81. The van der Waals surface area contributed by atoms with E-state index < -0.39 is 0 Å². The first-order valence-corrected chi connectivity index (χ1v) is 7.27. The lowest BCUT2D eigenvalue weighted by atomic mass is 10.2. The number of anilines is 1. The van der Waals surface area contributed by atoms with Gasteiger partial charge in [0.15, 0.2) is 0 Å². The third-order valence-corrected chi connectivity index (χ3v) is 3.66. The monoisotopic (exact) mass is 276 g/mol. The fourth-order valence-corrected chi connectivity index (χ4v) is 2.34. The molecule has 5 heteroatoms. The normalized spacial score (nSPS) is 17.1. The van der Waals surface area contributed by atoms with Crippen LogP contribution in [0.3, 0.4) is 0 Å². The van der Waals surface area contributed by atoms with Gasteiger partial charge in [0, 0.05) is 38.8 Å². The van der Waals surface area contributed by atoms with Gasteiger partial charge in [-0.15, -0.1) is 0 Å². The van der Waals surface area contributed by atoms with Crippen LogP contribution in [0.4, 0.5) is 5.82 Å². The van der Waals surface area contributed by atoms with E-state index in [1.54, 1.807) is 6.20 Å². The highest BCUT2D eigenvalue weighted by Crippen LogP contribution is 2.07. The molecule has 0 bridgehead atoms. The molecule has 1 amide bonds. The maximum absolute atomic E-state index is 11.8. The molecule has 0 spiro atoms. The minimum absolute atomic E-state index is 0.0530. The number of piperazine rings is 1. The zero-order valence-electron chi connectivity index (χ0n) is 12.4. The Morgan fingerprint density at radius 1 is 1.35 bits per heavy atom. The largest absolute Gasteiger partial charge is 0.311 e. The van der Waals surface area contributed by atoms with Gasteiger partial charge in [-0.05, 0) is 44.6 Å². The highest BCUT2D eigenvalue weighted by Gasteiger charge is 2.13. The lowest BCUT2D eigenvalue weighted by Crippen LogP contribution is -2.44. The average molecular weight is 276 g/mol. The predicted octanol–water partition coefficient (Wildman–Crippen LogP) is 1.36. The average Bonchev–Trinajstić information content (AvgIpc) is 2.41. The molecule has 20 heavy (non-hydrogen) atoms. The van der Waals surface area contributed by atoms with Crippen molar-refractivity contribution in [3.8, 4) is 0 Å². The van der Waals surface area contributed by atoms with Gasteiger partial charge in [-0.2, -0.15) is 0 Å². The zero-order chi connectivity index (χ0) is 14.4. The van der Waals surface area contributed by atoms with Crippen molar-refractivity contribution in [2.45, 2.75) is 19.8 Å². The van der Waals surface area contributed by atoms with Crippen molar-refractivity contribution in [1.82, 2.24) is 14.8 Å². The van der Waals surface area contributed by atoms with E-state index in [4.69, 9.17) is 0 Å². The standard InChI is InChI=1S/C15H24N4O/c1-13-5-6-16-14(12-13)17-15(20)4-3-7-19-10-8-18(2)9-11-19/h5-6,12H,3-4,7-11H2,1-2H3,(H,16,17,20). The van der Waals surface area contributed by atoms with E-state index in [2.05, 4.69) is 27.1 Å².